The molecular formula is C23H30N6O2. The lowest BCUT2D eigenvalue weighted by Crippen LogP contribution is -2.39. The van der Waals surface area contributed by atoms with Crippen molar-refractivity contribution in [3.8, 4) is 0 Å². The van der Waals surface area contributed by atoms with Gasteiger partial charge >= 0.3 is 0 Å². The maximum atomic E-state index is 12.4. The molecule has 3 heterocycles. The summed E-state index contributed by atoms with van der Waals surface area (Å²) >= 11 is 0. The second-order valence-corrected chi connectivity index (χ2v) is 8.80. The first-order valence-electron chi connectivity index (χ1n) is 11.1. The zero-order valence-electron chi connectivity index (χ0n) is 18.2. The predicted molar refractivity (Wildman–Crippen MR) is 118 cm³/mol. The van der Waals surface area contributed by atoms with Crippen LogP contribution >= 0.6 is 0 Å². The molecule has 0 radical (unpaired) electrons. The normalized spacial score (nSPS) is 16.9. The first-order chi connectivity index (χ1) is 15.0. The zero-order valence-corrected chi connectivity index (χ0v) is 18.2. The van der Waals surface area contributed by atoms with E-state index in [0.29, 0.717) is 29.8 Å². The molecule has 2 aromatic heterocycles. The van der Waals surface area contributed by atoms with Crippen molar-refractivity contribution in [1.82, 2.24) is 25.8 Å². The van der Waals surface area contributed by atoms with Crippen LogP contribution in [0, 0.1) is 5.92 Å². The van der Waals surface area contributed by atoms with E-state index in [9.17, 15) is 9.59 Å². The van der Waals surface area contributed by atoms with Crippen molar-refractivity contribution in [2.45, 2.75) is 51.5 Å². The molecule has 31 heavy (non-hydrogen) atoms. The van der Waals surface area contributed by atoms with Crippen molar-refractivity contribution in [1.29, 1.82) is 0 Å². The van der Waals surface area contributed by atoms with E-state index < -0.39 is 0 Å². The van der Waals surface area contributed by atoms with Gasteiger partial charge in [0.25, 0.3) is 11.8 Å². The SMILES string of the molecule is CC(C)NC(=O)c1ccc(N2CCC(CNC(=O)c3ccc(C4CC4)cn3)CC2)nn1. The molecule has 2 N–H and O–H groups in total. The van der Waals surface area contributed by atoms with Gasteiger partial charge in [-0.15, -0.1) is 10.2 Å². The lowest BCUT2D eigenvalue weighted by Gasteiger charge is -2.32. The average molecular weight is 423 g/mol. The Kier molecular flexibility index (Phi) is 6.44. The Morgan fingerprint density at radius 2 is 1.74 bits per heavy atom. The fourth-order valence-corrected chi connectivity index (χ4v) is 3.84. The summed E-state index contributed by atoms with van der Waals surface area (Å²) in [4.78, 5) is 30.9. The zero-order chi connectivity index (χ0) is 21.8. The molecule has 1 aliphatic heterocycles. The Hall–Kier alpha value is -3.03. The quantitative estimate of drug-likeness (QED) is 0.711. The minimum Gasteiger partial charge on any atom is -0.355 e. The summed E-state index contributed by atoms with van der Waals surface area (Å²) in [6.45, 7) is 6.17. The summed E-state index contributed by atoms with van der Waals surface area (Å²) in [5.41, 5.74) is 2.05. The van der Waals surface area contributed by atoms with Gasteiger partial charge in [-0.1, -0.05) is 6.07 Å². The second kappa shape index (κ2) is 9.41. The van der Waals surface area contributed by atoms with E-state index in [1.165, 1.54) is 18.4 Å². The average Bonchev–Trinajstić information content (AvgIpc) is 3.63. The standard InChI is InChI=1S/C23H30N6O2/c1-15(2)26-23(31)20-7-8-21(28-27-20)29-11-9-16(10-12-29)13-25-22(30)19-6-5-18(14-24-19)17-3-4-17/h5-8,14-17H,3-4,9-13H2,1-2H3,(H,25,30)(H,26,31). The van der Waals surface area contributed by atoms with Crippen LogP contribution in [0.3, 0.4) is 0 Å². The van der Waals surface area contributed by atoms with Gasteiger partial charge in [-0.2, -0.15) is 0 Å². The van der Waals surface area contributed by atoms with Crippen molar-refractivity contribution in [2.24, 2.45) is 5.92 Å². The van der Waals surface area contributed by atoms with Gasteiger partial charge in [0.05, 0.1) is 0 Å². The number of carbonyl (C=O) groups excluding carboxylic acids is 2. The highest BCUT2D eigenvalue weighted by Crippen LogP contribution is 2.39. The predicted octanol–water partition coefficient (Wildman–Crippen LogP) is 2.53. The summed E-state index contributed by atoms with van der Waals surface area (Å²) in [7, 11) is 0. The Morgan fingerprint density at radius 1 is 1.00 bits per heavy atom. The van der Waals surface area contributed by atoms with Gasteiger partial charge in [-0.05, 0) is 75.1 Å². The maximum absolute atomic E-state index is 12.4. The number of hydrogen-bond donors (Lipinski definition) is 2. The number of rotatable bonds is 7. The number of nitrogens with one attached hydrogen (secondary N) is 2. The van der Waals surface area contributed by atoms with E-state index in [2.05, 4.69) is 30.7 Å². The molecule has 2 amide bonds. The van der Waals surface area contributed by atoms with Crippen LogP contribution in [0.5, 0.6) is 0 Å². The Labute approximate surface area is 182 Å². The van der Waals surface area contributed by atoms with Crippen LogP contribution in [0.2, 0.25) is 0 Å². The molecule has 0 spiro atoms. The molecule has 1 aliphatic carbocycles. The van der Waals surface area contributed by atoms with Gasteiger partial charge in [-0.3, -0.25) is 14.6 Å². The molecule has 8 nitrogen and oxygen atoms in total. The lowest BCUT2D eigenvalue weighted by atomic mass is 9.96. The third-order valence-electron chi connectivity index (χ3n) is 5.86. The van der Waals surface area contributed by atoms with Crippen LogP contribution in [-0.4, -0.2) is 52.7 Å². The van der Waals surface area contributed by atoms with Gasteiger partial charge in [0.15, 0.2) is 11.5 Å². The second-order valence-electron chi connectivity index (χ2n) is 8.80. The monoisotopic (exact) mass is 422 g/mol. The molecule has 164 valence electrons. The topological polar surface area (TPSA) is 100 Å². The van der Waals surface area contributed by atoms with Crippen molar-refractivity contribution in [3.63, 3.8) is 0 Å². The van der Waals surface area contributed by atoms with Gasteiger partial charge < -0.3 is 15.5 Å². The number of pyridine rings is 1. The first kappa shape index (κ1) is 21.2. The first-order valence-corrected chi connectivity index (χ1v) is 11.1. The summed E-state index contributed by atoms with van der Waals surface area (Å²) in [5, 5.41) is 14.1. The highest BCUT2D eigenvalue weighted by atomic mass is 16.2. The summed E-state index contributed by atoms with van der Waals surface area (Å²) in [6.07, 6.45) is 6.23. The number of carbonyl (C=O) groups is 2. The van der Waals surface area contributed by atoms with Crippen molar-refractivity contribution < 1.29 is 9.59 Å². The summed E-state index contributed by atoms with van der Waals surface area (Å²) in [5.74, 6) is 1.54. The number of nitrogens with zero attached hydrogens (tertiary/aromatic N) is 4. The number of piperidine rings is 1. The Morgan fingerprint density at radius 3 is 2.32 bits per heavy atom. The van der Waals surface area contributed by atoms with Gasteiger partial charge in [0.2, 0.25) is 0 Å². The molecule has 0 aromatic carbocycles. The molecule has 2 aliphatic rings. The maximum Gasteiger partial charge on any atom is 0.271 e. The molecule has 2 aromatic rings. The smallest absolute Gasteiger partial charge is 0.271 e. The third kappa shape index (κ3) is 5.57. The molecule has 0 bridgehead atoms. The fraction of sp³-hybridized carbons (Fsp3) is 0.522. The molecule has 0 unspecified atom stereocenters. The lowest BCUT2D eigenvalue weighted by molar-refractivity contribution is 0.0929. The molecule has 1 saturated carbocycles. The molecule has 0 atom stereocenters. The minimum atomic E-state index is -0.208. The largest absolute Gasteiger partial charge is 0.355 e. The molecule has 8 heteroatoms. The molecule has 1 saturated heterocycles. The van der Waals surface area contributed by atoms with Crippen molar-refractivity contribution >= 4 is 17.6 Å². The van der Waals surface area contributed by atoms with E-state index in [4.69, 9.17) is 0 Å². The van der Waals surface area contributed by atoms with Crippen LogP contribution in [0.4, 0.5) is 5.82 Å². The minimum absolute atomic E-state index is 0.0615. The Balaban J connectivity index is 1.22. The van der Waals surface area contributed by atoms with E-state index in [-0.39, 0.29) is 17.9 Å². The van der Waals surface area contributed by atoms with Gasteiger partial charge in [0.1, 0.15) is 5.69 Å². The van der Waals surface area contributed by atoms with Gasteiger partial charge in [0, 0.05) is 31.9 Å². The van der Waals surface area contributed by atoms with Crippen LogP contribution < -0.4 is 15.5 Å². The molecule has 2 fully saturated rings. The Bertz CT molecular complexity index is 901. The summed E-state index contributed by atoms with van der Waals surface area (Å²) in [6, 6.07) is 7.48. The number of aromatic nitrogens is 3. The highest BCUT2D eigenvalue weighted by Gasteiger charge is 2.24. The van der Waals surface area contributed by atoms with E-state index in [1.807, 2.05) is 38.2 Å². The van der Waals surface area contributed by atoms with E-state index >= 15 is 0 Å². The van der Waals surface area contributed by atoms with Crippen LogP contribution in [0.1, 0.15) is 72.0 Å². The highest BCUT2D eigenvalue weighted by molar-refractivity contribution is 5.92. The molecular weight excluding hydrogens is 392 g/mol. The number of hydrogen-bond acceptors (Lipinski definition) is 6. The number of amides is 2. The number of anilines is 1. The van der Waals surface area contributed by atoms with Crippen LogP contribution in [0.25, 0.3) is 0 Å². The third-order valence-corrected chi connectivity index (χ3v) is 5.86. The van der Waals surface area contributed by atoms with E-state index in [1.54, 1.807) is 6.07 Å². The van der Waals surface area contributed by atoms with Crippen LogP contribution in [0.15, 0.2) is 30.5 Å². The fourth-order valence-electron chi connectivity index (χ4n) is 3.84. The summed E-state index contributed by atoms with van der Waals surface area (Å²) < 4.78 is 0. The molecule has 4 rings (SSSR count). The van der Waals surface area contributed by atoms with Crippen LogP contribution in [-0.2, 0) is 0 Å². The van der Waals surface area contributed by atoms with Gasteiger partial charge in [-0.25, -0.2) is 0 Å². The van der Waals surface area contributed by atoms with E-state index in [0.717, 1.165) is 31.7 Å². The van der Waals surface area contributed by atoms with Crippen molar-refractivity contribution in [2.75, 3.05) is 24.5 Å². The van der Waals surface area contributed by atoms with Crippen molar-refractivity contribution in [3.05, 3.63) is 47.4 Å².